The average molecular weight is 296 g/mol. The van der Waals surface area contributed by atoms with Gasteiger partial charge in [0, 0.05) is 0 Å². The predicted octanol–water partition coefficient (Wildman–Crippen LogP) is 1.10. The van der Waals surface area contributed by atoms with Gasteiger partial charge in [-0.25, -0.2) is 4.79 Å². The Kier molecular flexibility index (Phi) is 2.37. The third kappa shape index (κ3) is 1.56. The van der Waals surface area contributed by atoms with E-state index in [1.165, 1.54) is 12.1 Å². The van der Waals surface area contributed by atoms with Crippen molar-refractivity contribution >= 4 is 28.1 Å². The summed E-state index contributed by atoms with van der Waals surface area (Å²) in [5.41, 5.74) is 1.11. The standard InChI is InChI=1S/C13H8N6O3/c20-9-5-1-3-7-11(9)14-16-18(7)13(22)19-8-4-2-6-10(21)12(8)15-17-19/h1-6,20-21H. The average Bonchev–Trinajstić information content (AvgIpc) is 3.12. The van der Waals surface area contributed by atoms with E-state index >= 15 is 0 Å². The lowest BCUT2D eigenvalue weighted by atomic mass is 10.3. The Morgan fingerprint density at radius 1 is 0.818 bits per heavy atom. The minimum absolute atomic E-state index is 0.0716. The second kappa shape index (κ2) is 4.25. The normalized spacial score (nSPS) is 11.3. The lowest BCUT2D eigenvalue weighted by Gasteiger charge is -2.01. The summed E-state index contributed by atoms with van der Waals surface area (Å²) in [5, 5.41) is 34.5. The van der Waals surface area contributed by atoms with E-state index in [1.54, 1.807) is 24.3 Å². The first kappa shape index (κ1) is 12.3. The summed E-state index contributed by atoms with van der Waals surface area (Å²) in [6, 6.07) is 8.64. The van der Waals surface area contributed by atoms with Gasteiger partial charge in [-0.1, -0.05) is 22.6 Å². The minimum Gasteiger partial charge on any atom is -0.506 e. The zero-order valence-corrected chi connectivity index (χ0v) is 11.0. The molecule has 0 bridgehead atoms. The van der Waals surface area contributed by atoms with E-state index in [0.717, 1.165) is 9.36 Å². The van der Waals surface area contributed by atoms with Crippen LogP contribution in [0.4, 0.5) is 4.79 Å². The summed E-state index contributed by atoms with van der Waals surface area (Å²) in [7, 11) is 0. The van der Waals surface area contributed by atoms with Crippen LogP contribution in [0.2, 0.25) is 0 Å². The molecule has 9 heteroatoms. The smallest absolute Gasteiger partial charge is 0.373 e. The molecule has 2 heterocycles. The Labute approximate surface area is 122 Å². The molecule has 0 saturated carbocycles. The Bertz CT molecular complexity index is 953. The highest BCUT2D eigenvalue weighted by atomic mass is 16.3. The van der Waals surface area contributed by atoms with E-state index in [9.17, 15) is 15.0 Å². The van der Waals surface area contributed by atoms with Crippen LogP contribution in [0.3, 0.4) is 0 Å². The summed E-state index contributed by atoms with van der Waals surface area (Å²) in [4.78, 5) is 12.6. The molecule has 108 valence electrons. The number of phenols is 2. The zero-order chi connectivity index (χ0) is 15.3. The van der Waals surface area contributed by atoms with E-state index in [2.05, 4.69) is 20.6 Å². The summed E-state index contributed by atoms with van der Waals surface area (Å²) >= 11 is 0. The quantitative estimate of drug-likeness (QED) is 0.498. The Hall–Kier alpha value is -3.49. The summed E-state index contributed by atoms with van der Waals surface area (Å²) in [6.45, 7) is 0. The number of nitrogens with zero attached hydrogens (tertiary/aromatic N) is 6. The van der Waals surface area contributed by atoms with E-state index < -0.39 is 6.03 Å². The maximum atomic E-state index is 12.6. The topological polar surface area (TPSA) is 119 Å². The molecule has 2 N–H and O–H groups in total. The molecule has 0 fully saturated rings. The van der Waals surface area contributed by atoms with E-state index in [4.69, 9.17) is 0 Å². The van der Waals surface area contributed by atoms with Crippen LogP contribution in [-0.4, -0.2) is 46.2 Å². The molecule has 0 saturated heterocycles. The van der Waals surface area contributed by atoms with Gasteiger partial charge >= 0.3 is 6.03 Å². The molecular formula is C13H8N6O3. The first-order valence-electron chi connectivity index (χ1n) is 6.28. The van der Waals surface area contributed by atoms with Gasteiger partial charge in [-0.15, -0.1) is 10.2 Å². The second-order valence-corrected chi connectivity index (χ2v) is 4.57. The van der Waals surface area contributed by atoms with Gasteiger partial charge in [0.15, 0.2) is 11.0 Å². The van der Waals surface area contributed by atoms with Crippen molar-refractivity contribution in [3.05, 3.63) is 36.4 Å². The number of aromatic hydroxyl groups is 2. The number of rotatable bonds is 0. The molecule has 9 nitrogen and oxygen atoms in total. The summed E-state index contributed by atoms with van der Waals surface area (Å²) < 4.78 is 2.01. The van der Waals surface area contributed by atoms with Gasteiger partial charge in [-0.2, -0.15) is 9.36 Å². The number of carbonyl (C=O) groups excluding carboxylic acids is 1. The summed E-state index contributed by atoms with van der Waals surface area (Å²) in [6.07, 6.45) is 0. The molecule has 0 aliphatic rings. The highest BCUT2D eigenvalue weighted by Gasteiger charge is 2.19. The van der Waals surface area contributed by atoms with Gasteiger partial charge in [0.25, 0.3) is 0 Å². The molecule has 0 atom stereocenters. The Morgan fingerprint density at radius 3 is 1.73 bits per heavy atom. The third-order valence-electron chi connectivity index (χ3n) is 3.27. The van der Waals surface area contributed by atoms with Gasteiger partial charge < -0.3 is 10.2 Å². The maximum Gasteiger partial charge on any atom is 0.373 e. The van der Waals surface area contributed by atoms with Crippen LogP contribution in [0, 0.1) is 0 Å². The lowest BCUT2D eigenvalue weighted by Crippen LogP contribution is -2.21. The molecule has 0 aliphatic heterocycles. The fourth-order valence-electron chi connectivity index (χ4n) is 2.23. The number of hydrogen-bond donors (Lipinski definition) is 2. The van der Waals surface area contributed by atoms with Crippen molar-refractivity contribution in [3.8, 4) is 11.5 Å². The number of fused-ring (bicyclic) bond motifs is 2. The lowest BCUT2D eigenvalue weighted by molar-refractivity contribution is 0.239. The monoisotopic (exact) mass is 296 g/mol. The number of benzene rings is 2. The third-order valence-corrected chi connectivity index (χ3v) is 3.27. The van der Waals surface area contributed by atoms with Gasteiger partial charge in [-0.05, 0) is 24.3 Å². The molecule has 22 heavy (non-hydrogen) atoms. The molecule has 2 aromatic heterocycles. The van der Waals surface area contributed by atoms with Gasteiger partial charge in [0.2, 0.25) is 0 Å². The second-order valence-electron chi connectivity index (χ2n) is 4.57. The number of carbonyl (C=O) groups is 1. The maximum absolute atomic E-state index is 12.6. The van der Waals surface area contributed by atoms with Gasteiger partial charge in [0.05, 0.1) is 0 Å². The van der Waals surface area contributed by atoms with E-state index in [-0.39, 0.29) is 22.5 Å². The van der Waals surface area contributed by atoms with Crippen molar-refractivity contribution in [1.29, 1.82) is 0 Å². The van der Waals surface area contributed by atoms with Crippen LogP contribution in [0.25, 0.3) is 22.1 Å². The molecule has 0 amide bonds. The van der Waals surface area contributed by atoms with Crippen LogP contribution in [0.15, 0.2) is 36.4 Å². The van der Waals surface area contributed by atoms with E-state index in [0.29, 0.717) is 11.0 Å². The molecule has 4 rings (SSSR count). The van der Waals surface area contributed by atoms with Crippen molar-refractivity contribution in [2.45, 2.75) is 0 Å². The van der Waals surface area contributed by atoms with E-state index in [1.807, 2.05) is 0 Å². The first-order valence-corrected chi connectivity index (χ1v) is 6.28. The molecule has 4 aromatic rings. The van der Waals surface area contributed by atoms with Crippen molar-refractivity contribution in [3.63, 3.8) is 0 Å². The van der Waals surface area contributed by atoms with Gasteiger partial charge in [0.1, 0.15) is 22.5 Å². The van der Waals surface area contributed by atoms with Crippen LogP contribution in [-0.2, 0) is 0 Å². The molecule has 2 aromatic carbocycles. The SMILES string of the molecule is O=C(n1nnc2c(O)cccc21)n1nnc2c(O)cccc21. The van der Waals surface area contributed by atoms with Crippen molar-refractivity contribution < 1.29 is 15.0 Å². The Morgan fingerprint density at radius 2 is 1.27 bits per heavy atom. The van der Waals surface area contributed by atoms with Crippen LogP contribution in [0.1, 0.15) is 0 Å². The van der Waals surface area contributed by atoms with Crippen LogP contribution in [0.5, 0.6) is 11.5 Å². The highest BCUT2D eigenvalue weighted by Crippen LogP contribution is 2.23. The molecule has 0 spiro atoms. The minimum atomic E-state index is -0.624. The largest absolute Gasteiger partial charge is 0.506 e. The van der Waals surface area contributed by atoms with Crippen LogP contribution < -0.4 is 0 Å². The summed E-state index contributed by atoms with van der Waals surface area (Å²) in [5.74, 6) is -0.143. The first-order chi connectivity index (χ1) is 10.7. The molecular weight excluding hydrogens is 288 g/mol. The van der Waals surface area contributed by atoms with Crippen molar-refractivity contribution in [1.82, 2.24) is 30.0 Å². The fourth-order valence-corrected chi connectivity index (χ4v) is 2.23. The van der Waals surface area contributed by atoms with Gasteiger partial charge in [-0.3, -0.25) is 0 Å². The highest BCUT2D eigenvalue weighted by molar-refractivity contribution is 5.95. The molecule has 0 aliphatic carbocycles. The molecule has 0 radical (unpaired) electrons. The van der Waals surface area contributed by atoms with Crippen molar-refractivity contribution in [2.24, 2.45) is 0 Å². The molecule has 0 unspecified atom stereocenters. The predicted molar refractivity (Wildman–Crippen MR) is 74.6 cm³/mol. The Balaban J connectivity index is 1.93. The van der Waals surface area contributed by atoms with Crippen LogP contribution >= 0.6 is 0 Å². The number of aromatic nitrogens is 6. The number of hydrogen-bond acceptors (Lipinski definition) is 7. The zero-order valence-electron chi connectivity index (χ0n) is 11.0. The fraction of sp³-hybridized carbons (Fsp3) is 0. The number of phenolic OH excluding ortho intramolecular Hbond substituents is 2. The van der Waals surface area contributed by atoms with Crippen molar-refractivity contribution in [2.75, 3.05) is 0 Å².